The van der Waals surface area contributed by atoms with Gasteiger partial charge in [0.15, 0.2) is 0 Å². The van der Waals surface area contributed by atoms with Gasteiger partial charge in [-0.3, -0.25) is 14.9 Å². The standard InChI is InChI=1S/C18H14BrN5O7/c1-10-17(19)18(24(29)30)21-22(10)9-16(26)20-11-6-12(23(27)28)8-15(7-11)31-14-4-2-13(25)3-5-14/h2-8,25H,9H2,1H3,(H,20,26). The first-order chi connectivity index (χ1) is 14.6. The monoisotopic (exact) mass is 491 g/mol. The molecule has 0 spiro atoms. The number of nitrogens with one attached hydrogen (secondary N) is 1. The molecule has 13 heteroatoms. The number of halogens is 1. The van der Waals surface area contributed by atoms with Crippen molar-refractivity contribution in [3.63, 3.8) is 0 Å². The van der Waals surface area contributed by atoms with E-state index < -0.39 is 21.6 Å². The van der Waals surface area contributed by atoms with Gasteiger partial charge in [0.1, 0.15) is 28.3 Å². The second-order valence-corrected chi connectivity index (χ2v) is 7.05. The van der Waals surface area contributed by atoms with Gasteiger partial charge in [0.05, 0.1) is 27.5 Å². The summed E-state index contributed by atoms with van der Waals surface area (Å²) in [5.41, 5.74) is 0.142. The predicted molar refractivity (Wildman–Crippen MR) is 111 cm³/mol. The lowest BCUT2D eigenvalue weighted by atomic mass is 10.2. The van der Waals surface area contributed by atoms with Gasteiger partial charge < -0.3 is 25.3 Å². The van der Waals surface area contributed by atoms with Crippen molar-refractivity contribution < 1.29 is 24.5 Å². The Labute approximate surface area is 182 Å². The van der Waals surface area contributed by atoms with Gasteiger partial charge >= 0.3 is 5.82 Å². The number of anilines is 1. The fourth-order valence-corrected chi connectivity index (χ4v) is 3.01. The average molecular weight is 492 g/mol. The molecule has 2 aromatic carbocycles. The van der Waals surface area contributed by atoms with Crippen LogP contribution < -0.4 is 10.1 Å². The summed E-state index contributed by atoms with van der Waals surface area (Å²) >= 11 is 3.07. The van der Waals surface area contributed by atoms with Crippen LogP contribution in [0, 0.1) is 27.2 Å². The minimum atomic E-state index is -0.682. The number of hydrogen-bond acceptors (Lipinski definition) is 8. The second kappa shape index (κ2) is 8.79. The van der Waals surface area contributed by atoms with Crippen LogP contribution in [-0.4, -0.2) is 30.6 Å². The summed E-state index contributed by atoms with van der Waals surface area (Å²) in [5, 5.41) is 37.8. The maximum atomic E-state index is 12.4. The molecule has 1 aromatic heterocycles. The van der Waals surface area contributed by atoms with Crippen molar-refractivity contribution in [1.29, 1.82) is 0 Å². The number of aromatic hydroxyl groups is 1. The molecule has 2 N–H and O–H groups in total. The van der Waals surface area contributed by atoms with E-state index in [4.69, 9.17) is 4.74 Å². The van der Waals surface area contributed by atoms with Crippen molar-refractivity contribution in [2.75, 3.05) is 5.32 Å². The molecule has 12 nitrogen and oxygen atoms in total. The number of nitrogens with zero attached hydrogens (tertiary/aromatic N) is 4. The van der Waals surface area contributed by atoms with Crippen molar-refractivity contribution in [1.82, 2.24) is 9.78 Å². The quantitative estimate of drug-likeness (QED) is 0.371. The van der Waals surface area contributed by atoms with Crippen molar-refractivity contribution >= 4 is 39.0 Å². The number of carbonyl (C=O) groups is 1. The molecule has 0 saturated heterocycles. The van der Waals surface area contributed by atoms with Gasteiger partial charge in [0, 0.05) is 12.1 Å². The Balaban J connectivity index is 1.81. The van der Waals surface area contributed by atoms with Gasteiger partial charge in [0.2, 0.25) is 5.91 Å². The minimum Gasteiger partial charge on any atom is -0.508 e. The first kappa shape index (κ1) is 21.7. The summed E-state index contributed by atoms with van der Waals surface area (Å²) in [5.74, 6) is -0.599. The van der Waals surface area contributed by atoms with E-state index in [0.717, 1.165) is 10.7 Å². The Hall–Kier alpha value is -4.00. The molecule has 1 heterocycles. The molecule has 3 aromatic rings. The first-order valence-corrected chi connectivity index (χ1v) is 9.37. The van der Waals surface area contributed by atoms with Gasteiger partial charge in [-0.05, 0) is 52.0 Å². The van der Waals surface area contributed by atoms with Gasteiger partial charge in [-0.2, -0.15) is 4.68 Å². The number of non-ortho nitro benzene ring substituents is 1. The molecule has 160 valence electrons. The molecule has 0 atom stereocenters. The Bertz CT molecular complexity index is 1180. The third-order valence-electron chi connectivity index (χ3n) is 4.04. The zero-order chi connectivity index (χ0) is 22.7. The molecule has 31 heavy (non-hydrogen) atoms. The SMILES string of the molecule is Cc1c(Br)c([N+](=O)[O-])nn1CC(=O)Nc1cc(Oc2ccc(O)cc2)cc([N+](=O)[O-])c1. The van der Waals surface area contributed by atoms with Crippen LogP contribution in [0.15, 0.2) is 46.9 Å². The molecule has 0 bridgehead atoms. The Morgan fingerprint density at radius 2 is 1.84 bits per heavy atom. The van der Waals surface area contributed by atoms with E-state index in [-0.39, 0.29) is 33.9 Å². The highest BCUT2D eigenvalue weighted by Gasteiger charge is 2.24. The first-order valence-electron chi connectivity index (χ1n) is 8.57. The lowest BCUT2D eigenvalue weighted by Gasteiger charge is -2.09. The zero-order valence-electron chi connectivity index (χ0n) is 15.8. The van der Waals surface area contributed by atoms with E-state index in [0.29, 0.717) is 11.4 Å². The lowest BCUT2D eigenvalue weighted by molar-refractivity contribution is -0.390. The third-order valence-corrected chi connectivity index (χ3v) is 4.97. The lowest BCUT2D eigenvalue weighted by Crippen LogP contribution is -2.20. The number of hydrogen-bond donors (Lipinski definition) is 2. The third kappa shape index (κ3) is 5.14. The van der Waals surface area contributed by atoms with E-state index in [1.54, 1.807) is 6.92 Å². The van der Waals surface area contributed by atoms with Crippen LogP contribution in [0.1, 0.15) is 5.69 Å². The molecular weight excluding hydrogens is 478 g/mol. The van der Waals surface area contributed by atoms with E-state index >= 15 is 0 Å². The number of phenols is 1. The van der Waals surface area contributed by atoms with Crippen LogP contribution in [0.4, 0.5) is 17.2 Å². The van der Waals surface area contributed by atoms with E-state index in [1.807, 2.05) is 0 Å². The topological polar surface area (TPSA) is 163 Å². The largest absolute Gasteiger partial charge is 0.508 e. The molecule has 0 fully saturated rings. The highest BCUT2D eigenvalue weighted by atomic mass is 79.9. The van der Waals surface area contributed by atoms with Gasteiger partial charge in [0.25, 0.3) is 5.69 Å². The normalized spacial score (nSPS) is 10.5. The highest BCUT2D eigenvalue weighted by Crippen LogP contribution is 2.31. The summed E-state index contributed by atoms with van der Waals surface area (Å²) in [7, 11) is 0. The number of nitro benzene ring substituents is 1. The number of carbonyl (C=O) groups excluding carboxylic acids is 1. The van der Waals surface area contributed by atoms with E-state index in [9.17, 15) is 30.1 Å². The molecule has 0 saturated carbocycles. The summed E-state index contributed by atoms with van der Waals surface area (Å²) < 4.78 is 6.86. The zero-order valence-corrected chi connectivity index (χ0v) is 17.4. The van der Waals surface area contributed by atoms with Crippen molar-refractivity contribution in [2.24, 2.45) is 0 Å². The Morgan fingerprint density at radius 3 is 2.42 bits per heavy atom. The molecular formula is C18H14BrN5O7. The maximum Gasteiger partial charge on any atom is 0.404 e. The number of rotatable bonds is 7. The number of phenolic OH excluding ortho intramolecular Hbond substituents is 1. The van der Waals surface area contributed by atoms with Gasteiger partial charge in [-0.15, -0.1) is 0 Å². The highest BCUT2D eigenvalue weighted by molar-refractivity contribution is 9.10. The van der Waals surface area contributed by atoms with Crippen LogP contribution >= 0.6 is 15.9 Å². The van der Waals surface area contributed by atoms with E-state index in [2.05, 4.69) is 26.3 Å². The molecule has 0 unspecified atom stereocenters. The van der Waals surface area contributed by atoms with Crippen molar-refractivity contribution in [3.05, 3.63) is 72.9 Å². The number of amides is 1. The number of benzene rings is 2. The summed E-state index contributed by atoms with van der Waals surface area (Å²) in [6, 6.07) is 9.43. The van der Waals surface area contributed by atoms with Crippen LogP contribution in [0.2, 0.25) is 0 Å². The Morgan fingerprint density at radius 1 is 1.16 bits per heavy atom. The molecule has 0 aliphatic heterocycles. The number of ether oxygens (including phenoxy) is 1. The van der Waals surface area contributed by atoms with Crippen LogP contribution in [-0.2, 0) is 11.3 Å². The molecule has 3 rings (SSSR count). The van der Waals surface area contributed by atoms with Crippen LogP contribution in [0.5, 0.6) is 17.2 Å². The second-order valence-electron chi connectivity index (χ2n) is 6.25. The smallest absolute Gasteiger partial charge is 0.404 e. The van der Waals surface area contributed by atoms with Crippen LogP contribution in [0.3, 0.4) is 0 Å². The fraction of sp³-hybridized carbons (Fsp3) is 0.111. The molecule has 1 amide bonds. The molecule has 0 aliphatic carbocycles. The maximum absolute atomic E-state index is 12.4. The predicted octanol–water partition coefficient (Wildman–Crippen LogP) is 3.91. The summed E-state index contributed by atoms with van der Waals surface area (Å²) in [4.78, 5) is 33.3. The van der Waals surface area contributed by atoms with Crippen molar-refractivity contribution in [3.8, 4) is 17.2 Å². The average Bonchev–Trinajstić information content (AvgIpc) is 2.98. The van der Waals surface area contributed by atoms with Crippen molar-refractivity contribution in [2.45, 2.75) is 13.5 Å². The Kier molecular flexibility index (Phi) is 6.15. The summed E-state index contributed by atoms with van der Waals surface area (Å²) in [6.45, 7) is 1.20. The van der Waals surface area contributed by atoms with Gasteiger partial charge in [-0.1, -0.05) is 0 Å². The van der Waals surface area contributed by atoms with Crippen LogP contribution in [0.25, 0.3) is 0 Å². The number of aromatic nitrogens is 2. The fourth-order valence-electron chi connectivity index (χ4n) is 2.59. The number of nitro groups is 2. The van der Waals surface area contributed by atoms with E-state index in [1.165, 1.54) is 36.4 Å². The summed E-state index contributed by atoms with van der Waals surface area (Å²) in [6.07, 6.45) is 0. The minimum absolute atomic E-state index is 0.0279. The molecule has 0 radical (unpaired) electrons. The van der Waals surface area contributed by atoms with Gasteiger partial charge in [-0.25, -0.2) is 0 Å². The molecule has 0 aliphatic rings.